The monoisotopic (exact) mass is 482 g/mol. The Kier molecular flexibility index (Phi) is 7.34. The second kappa shape index (κ2) is 9.05. The van der Waals surface area contributed by atoms with E-state index in [9.17, 15) is 36.7 Å². The van der Waals surface area contributed by atoms with Gasteiger partial charge in [0.2, 0.25) is 10.0 Å². The molecule has 14 heteroatoms. The molecule has 3 N–H and O–H groups in total. The van der Waals surface area contributed by atoms with Crippen molar-refractivity contribution < 1.29 is 40.7 Å². The molecule has 0 aliphatic heterocycles. The SMILES string of the molecule is CCOP(=O)(O)C(F)(F)c1sc2c(OCCCS(N)(=O)=O)cc(C=O)cc2c1C#N. The largest absolute Gasteiger partial charge is 0.492 e. The van der Waals surface area contributed by atoms with E-state index in [2.05, 4.69) is 4.52 Å². The molecule has 1 aromatic heterocycles. The third-order valence-electron chi connectivity index (χ3n) is 3.79. The van der Waals surface area contributed by atoms with E-state index in [0.29, 0.717) is 17.6 Å². The number of hydrogen-bond acceptors (Lipinski definition) is 8. The van der Waals surface area contributed by atoms with Gasteiger partial charge < -0.3 is 14.2 Å². The Morgan fingerprint density at radius 1 is 1.43 bits per heavy atom. The molecule has 1 aromatic carbocycles. The molecule has 0 bridgehead atoms. The van der Waals surface area contributed by atoms with Gasteiger partial charge in [0.1, 0.15) is 23.0 Å². The molecule has 164 valence electrons. The second-order valence-electron chi connectivity index (χ2n) is 5.98. The number of ether oxygens (including phenoxy) is 1. The van der Waals surface area contributed by atoms with Crippen LogP contribution in [-0.2, 0) is 24.8 Å². The Labute approximate surface area is 174 Å². The van der Waals surface area contributed by atoms with Crippen LogP contribution < -0.4 is 9.88 Å². The van der Waals surface area contributed by atoms with Gasteiger partial charge in [-0.1, -0.05) is 0 Å². The van der Waals surface area contributed by atoms with Gasteiger partial charge in [0, 0.05) is 10.9 Å². The number of thiophene rings is 1. The highest BCUT2D eigenvalue weighted by molar-refractivity contribution is 7.89. The summed E-state index contributed by atoms with van der Waals surface area (Å²) in [4.78, 5) is 19.9. The van der Waals surface area contributed by atoms with Gasteiger partial charge in [-0.15, -0.1) is 11.3 Å². The lowest BCUT2D eigenvalue weighted by molar-refractivity contribution is 0.0498. The van der Waals surface area contributed by atoms with Crippen LogP contribution in [0.4, 0.5) is 8.78 Å². The first kappa shape index (κ1) is 24.3. The number of aldehydes is 1. The van der Waals surface area contributed by atoms with Gasteiger partial charge in [0.15, 0.2) is 0 Å². The van der Waals surface area contributed by atoms with Crippen LogP contribution in [0.25, 0.3) is 10.1 Å². The fraction of sp³-hybridized carbons (Fsp3) is 0.375. The number of fused-ring (bicyclic) bond motifs is 1. The summed E-state index contributed by atoms with van der Waals surface area (Å²) < 4.78 is 73.4. The van der Waals surface area contributed by atoms with Crippen LogP contribution in [0.5, 0.6) is 5.75 Å². The van der Waals surface area contributed by atoms with E-state index in [1.807, 2.05) is 0 Å². The lowest BCUT2D eigenvalue weighted by Crippen LogP contribution is -2.18. The third-order valence-corrected chi connectivity index (χ3v) is 7.63. The van der Waals surface area contributed by atoms with Crippen molar-refractivity contribution in [1.29, 1.82) is 5.26 Å². The first-order chi connectivity index (χ1) is 13.9. The fourth-order valence-corrected chi connectivity index (χ4v) is 5.47. The van der Waals surface area contributed by atoms with E-state index in [4.69, 9.17) is 9.88 Å². The normalized spacial score (nSPS) is 14.3. The molecule has 1 unspecified atom stereocenters. The molecule has 0 radical (unpaired) electrons. The highest BCUT2D eigenvalue weighted by Crippen LogP contribution is 2.65. The van der Waals surface area contributed by atoms with Crippen LogP contribution in [0.2, 0.25) is 0 Å². The Morgan fingerprint density at radius 3 is 2.63 bits per heavy atom. The molecule has 0 spiro atoms. The zero-order valence-electron chi connectivity index (χ0n) is 15.5. The van der Waals surface area contributed by atoms with Crippen molar-refractivity contribution in [3.8, 4) is 11.8 Å². The summed E-state index contributed by atoms with van der Waals surface area (Å²) in [6.45, 7) is 0.638. The summed E-state index contributed by atoms with van der Waals surface area (Å²) >= 11 is 0.349. The van der Waals surface area contributed by atoms with Crippen molar-refractivity contribution >= 4 is 45.3 Å². The van der Waals surface area contributed by atoms with Crippen LogP contribution in [0.1, 0.15) is 34.1 Å². The quantitative estimate of drug-likeness (QED) is 0.297. The van der Waals surface area contributed by atoms with Crippen LogP contribution >= 0.6 is 18.9 Å². The van der Waals surface area contributed by atoms with E-state index in [1.165, 1.54) is 19.1 Å². The minimum Gasteiger partial charge on any atom is -0.492 e. The number of nitrogens with zero attached hydrogens (tertiary/aromatic N) is 1. The lowest BCUT2D eigenvalue weighted by Gasteiger charge is -2.20. The first-order valence-corrected chi connectivity index (χ1v) is 12.4. The standard InChI is InChI=1S/C16H17F2N2O7PS2/c1-2-27-28(22,23)16(17,18)15-12(8-19)11-6-10(9-21)7-13(14(11)29-15)26-4-3-5-30(20,24)25/h6-7,9H,2-5H2,1H3,(H,22,23)(H2,20,24,25). The number of sulfonamides is 1. The number of rotatable bonds is 10. The molecule has 0 fully saturated rings. The summed E-state index contributed by atoms with van der Waals surface area (Å²) in [5.41, 5.74) is -4.97. The lowest BCUT2D eigenvalue weighted by atomic mass is 10.1. The molecule has 1 heterocycles. The molecule has 2 rings (SSSR count). The molecule has 0 saturated heterocycles. The molecule has 9 nitrogen and oxygen atoms in total. The summed E-state index contributed by atoms with van der Waals surface area (Å²) in [6.07, 6.45) is 0.395. The van der Waals surface area contributed by atoms with Gasteiger partial charge in [-0.3, -0.25) is 9.36 Å². The summed E-state index contributed by atoms with van der Waals surface area (Å²) in [7, 11) is -9.19. The van der Waals surface area contributed by atoms with Crippen molar-refractivity contribution in [1.82, 2.24) is 0 Å². The molecular weight excluding hydrogens is 465 g/mol. The predicted octanol–water partition coefficient (Wildman–Crippen LogP) is 2.91. The Morgan fingerprint density at radius 2 is 2.10 bits per heavy atom. The van der Waals surface area contributed by atoms with Crippen LogP contribution in [0.3, 0.4) is 0 Å². The van der Waals surface area contributed by atoms with Gasteiger partial charge in [-0.05, 0) is 25.5 Å². The van der Waals surface area contributed by atoms with Crippen molar-refractivity contribution in [2.75, 3.05) is 19.0 Å². The molecule has 0 aliphatic carbocycles. The number of halogens is 2. The Bertz CT molecular complexity index is 1160. The highest BCUT2D eigenvalue weighted by Gasteiger charge is 2.55. The maximum absolute atomic E-state index is 14.8. The minimum atomic E-state index is -5.46. The van der Waals surface area contributed by atoms with E-state index in [1.54, 1.807) is 6.07 Å². The number of hydrogen-bond donors (Lipinski definition) is 2. The third kappa shape index (κ3) is 5.03. The van der Waals surface area contributed by atoms with Crippen molar-refractivity contribution in [2.24, 2.45) is 5.14 Å². The van der Waals surface area contributed by atoms with Crippen molar-refractivity contribution in [3.05, 3.63) is 28.1 Å². The van der Waals surface area contributed by atoms with Gasteiger partial charge in [-0.25, -0.2) is 13.6 Å². The highest BCUT2D eigenvalue weighted by atomic mass is 32.2. The molecule has 0 saturated carbocycles. The number of primary sulfonamides is 1. The summed E-state index contributed by atoms with van der Waals surface area (Å²) in [6, 6.07) is 3.99. The molecule has 30 heavy (non-hydrogen) atoms. The van der Waals surface area contributed by atoms with E-state index < -0.39 is 40.3 Å². The zero-order chi connectivity index (χ0) is 22.7. The molecule has 1 atom stereocenters. The van der Waals surface area contributed by atoms with Gasteiger partial charge in [0.25, 0.3) is 0 Å². The predicted molar refractivity (Wildman–Crippen MR) is 105 cm³/mol. The first-order valence-electron chi connectivity index (χ1n) is 8.32. The van der Waals surface area contributed by atoms with Gasteiger partial charge in [-0.2, -0.15) is 14.0 Å². The number of nitriles is 1. The maximum atomic E-state index is 14.8. The van der Waals surface area contributed by atoms with Crippen LogP contribution in [-0.4, -0.2) is 38.6 Å². The van der Waals surface area contributed by atoms with Crippen LogP contribution in [0, 0.1) is 11.3 Å². The van der Waals surface area contributed by atoms with Crippen LogP contribution in [0.15, 0.2) is 12.1 Å². The number of carbonyl (C=O) groups excluding carboxylic acids is 1. The number of alkyl halides is 2. The zero-order valence-corrected chi connectivity index (χ0v) is 18.0. The van der Waals surface area contributed by atoms with E-state index in [0.717, 1.165) is 0 Å². The average molecular weight is 482 g/mol. The maximum Gasteiger partial charge on any atom is 0.402 e. The number of carbonyl (C=O) groups is 1. The summed E-state index contributed by atoms with van der Waals surface area (Å²) in [5.74, 6) is -0.445. The minimum absolute atomic E-state index is 0.00472. The van der Waals surface area contributed by atoms with E-state index in [-0.39, 0.29) is 40.2 Å². The van der Waals surface area contributed by atoms with Gasteiger partial charge >= 0.3 is 13.3 Å². The van der Waals surface area contributed by atoms with Crippen molar-refractivity contribution in [3.63, 3.8) is 0 Å². The summed E-state index contributed by atoms with van der Waals surface area (Å²) in [5, 5.41) is 14.3. The average Bonchev–Trinajstić information content (AvgIpc) is 3.03. The smallest absolute Gasteiger partial charge is 0.402 e. The molecular formula is C16H17F2N2O7PS2. The van der Waals surface area contributed by atoms with E-state index >= 15 is 0 Å². The van der Waals surface area contributed by atoms with Crippen molar-refractivity contribution in [2.45, 2.75) is 19.0 Å². The Balaban J connectivity index is 2.59. The second-order valence-corrected chi connectivity index (χ2v) is 10.6. The molecule has 2 aromatic rings. The fourth-order valence-electron chi connectivity index (χ4n) is 2.51. The Hall–Kier alpha value is -1.94. The van der Waals surface area contributed by atoms with Gasteiger partial charge in [0.05, 0.1) is 29.2 Å². The molecule has 0 amide bonds. The number of nitrogens with two attached hydrogens (primary N) is 1. The topological polar surface area (TPSA) is 157 Å². The molecule has 0 aliphatic rings. The number of benzene rings is 1.